The maximum absolute atomic E-state index is 13.7. The molecule has 0 radical (unpaired) electrons. The Hall–Kier alpha value is -3.33. The molecule has 0 saturated carbocycles. The summed E-state index contributed by atoms with van der Waals surface area (Å²) in [7, 11) is 3.16. The molecule has 0 aliphatic carbocycles. The quantitative estimate of drug-likeness (QED) is 0.551. The number of nitrogens with zero attached hydrogens (tertiary/aromatic N) is 2. The second-order valence-electron chi connectivity index (χ2n) is 5.89. The van der Waals surface area contributed by atoms with Crippen LogP contribution in [0.15, 0.2) is 48.0 Å². The summed E-state index contributed by atoms with van der Waals surface area (Å²) < 4.78 is 25.0. The first-order valence-corrected chi connectivity index (χ1v) is 8.42. The van der Waals surface area contributed by atoms with Gasteiger partial charge in [-0.25, -0.2) is 4.39 Å². The van der Waals surface area contributed by atoms with Crippen LogP contribution in [0.4, 0.5) is 4.39 Å². The Morgan fingerprint density at radius 1 is 1.19 bits per heavy atom. The summed E-state index contributed by atoms with van der Waals surface area (Å²) in [6.07, 6.45) is 1.49. The molecule has 2 aromatic carbocycles. The fourth-order valence-corrected chi connectivity index (χ4v) is 2.32. The van der Waals surface area contributed by atoms with Crippen LogP contribution in [-0.4, -0.2) is 31.5 Å². The van der Waals surface area contributed by atoms with Crippen molar-refractivity contribution in [1.29, 1.82) is 5.26 Å². The summed E-state index contributed by atoms with van der Waals surface area (Å²) >= 11 is 0. The molecular formula is C21H21FN2O3. The normalized spacial score (nSPS) is 10.9. The number of carbonyl (C=O) groups is 1. The van der Waals surface area contributed by atoms with Gasteiger partial charge in [-0.15, -0.1) is 0 Å². The minimum absolute atomic E-state index is 0.0162. The number of amides is 1. The van der Waals surface area contributed by atoms with Crippen molar-refractivity contribution >= 4 is 12.0 Å². The highest BCUT2D eigenvalue weighted by Gasteiger charge is 2.13. The number of halogens is 1. The molecule has 2 rings (SSSR count). The van der Waals surface area contributed by atoms with Gasteiger partial charge in [-0.1, -0.05) is 24.3 Å². The van der Waals surface area contributed by atoms with Crippen molar-refractivity contribution in [3.63, 3.8) is 0 Å². The molecule has 0 N–H and O–H groups in total. The topological polar surface area (TPSA) is 62.6 Å². The van der Waals surface area contributed by atoms with E-state index in [4.69, 9.17) is 9.47 Å². The minimum atomic E-state index is -0.379. The third-order valence-electron chi connectivity index (χ3n) is 3.68. The van der Waals surface area contributed by atoms with Crippen molar-refractivity contribution < 1.29 is 18.7 Å². The number of rotatable bonds is 7. The lowest BCUT2D eigenvalue weighted by Crippen LogP contribution is -2.22. The van der Waals surface area contributed by atoms with E-state index < -0.39 is 0 Å². The van der Waals surface area contributed by atoms with Crippen molar-refractivity contribution in [2.24, 2.45) is 0 Å². The molecule has 0 unspecified atom stereocenters. The van der Waals surface area contributed by atoms with E-state index in [1.807, 2.05) is 13.0 Å². The minimum Gasteiger partial charge on any atom is -0.490 e. The molecular weight excluding hydrogens is 347 g/mol. The Kier molecular flexibility index (Phi) is 6.95. The predicted octanol–water partition coefficient (Wildman–Crippen LogP) is 3.80. The Labute approximate surface area is 158 Å². The van der Waals surface area contributed by atoms with Crippen LogP contribution in [0.25, 0.3) is 6.08 Å². The van der Waals surface area contributed by atoms with Gasteiger partial charge < -0.3 is 14.4 Å². The van der Waals surface area contributed by atoms with Gasteiger partial charge in [-0.3, -0.25) is 4.79 Å². The summed E-state index contributed by atoms with van der Waals surface area (Å²) in [4.78, 5) is 13.3. The second-order valence-corrected chi connectivity index (χ2v) is 5.89. The number of hydrogen-bond acceptors (Lipinski definition) is 4. The maximum atomic E-state index is 13.7. The van der Waals surface area contributed by atoms with Crippen LogP contribution in [0.5, 0.6) is 11.5 Å². The fourth-order valence-electron chi connectivity index (χ4n) is 2.32. The molecule has 0 bridgehead atoms. The molecule has 27 heavy (non-hydrogen) atoms. The van der Waals surface area contributed by atoms with E-state index in [-0.39, 0.29) is 23.9 Å². The fraction of sp³-hybridized carbons (Fsp3) is 0.238. The van der Waals surface area contributed by atoms with Crippen molar-refractivity contribution in [2.45, 2.75) is 13.5 Å². The number of benzene rings is 2. The first-order chi connectivity index (χ1) is 13.0. The van der Waals surface area contributed by atoms with E-state index in [1.165, 1.54) is 17.0 Å². The number of likely N-dealkylation sites (N-methyl/N-ethyl adjacent to an activating group) is 1. The molecule has 1 amide bonds. The van der Waals surface area contributed by atoms with Crippen molar-refractivity contribution in [2.75, 3.05) is 20.7 Å². The van der Waals surface area contributed by atoms with Gasteiger partial charge in [0.25, 0.3) is 5.91 Å². The first-order valence-electron chi connectivity index (χ1n) is 8.42. The third-order valence-corrected chi connectivity index (χ3v) is 3.68. The van der Waals surface area contributed by atoms with E-state index >= 15 is 0 Å². The second kappa shape index (κ2) is 9.39. The Morgan fingerprint density at radius 3 is 2.56 bits per heavy atom. The highest BCUT2D eigenvalue weighted by Crippen LogP contribution is 2.30. The van der Waals surface area contributed by atoms with Crippen LogP contribution in [0, 0.1) is 17.1 Å². The Morgan fingerprint density at radius 2 is 1.93 bits per heavy atom. The van der Waals surface area contributed by atoms with Crippen molar-refractivity contribution in [3.8, 4) is 17.6 Å². The van der Waals surface area contributed by atoms with Gasteiger partial charge in [0.15, 0.2) is 11.5 Å². The zero-order chi connectivity index (χ0) is 19.8. The summed E-state index contributed by atoms with van der Waals surface area (Å²) in [5.74, 6) is 0.193. The average molecular weight is 368 g/mol. The van der Waals surface area contributed by atoms with E-state index in [2.05, 4.69) is 0 Å². The Bertz CT molecular complexity index is 885. The van der Waals surface area contributed by atoms with Gasteiger partial charge in [0.2, 0.25) is 0 Å². The summed E-state index contributed by atoms with van der Waals surface area (Å²) in [5.41, 5.74) is 1.08. The molecule has 0 atom stereocenters. The van der Waals surface area contributed by atoms with Gasteiger partial charge in [-0.2, -0.15) is 5.26 Å². The standard InChI is InChI=1S/C21H21FN2O3/c1-4-26-20-12-15(11-17(13-23)21(25)24(2)3)9-10-19(20)27-14-16-7-5-6-8-18(16)22/h5-12H,4,14H2,1-3H3/b17-11-. The van der Waals surface area contributed by atoms with Gasteiger partial charge in [0, 0.05) is 19.7 Å². The highest BCUT2D eigenvalue weighted by molar-refractivity contribution is 6.01. The maximum Gasteiger partial charge on any atom is 0.264 e. The molecule has 0 aliphatic rings. The molecule has 0 spiro atoms. The zero-order valence-corrected chi connectivity index (χ0v) is 15.5. The Balaban J connectivity index is 2.27. The average Bonchev–Trinajstić information content (AvgIpc) is 2.66. The van der Waals surface area contributed by atoms with Gasteiger partial charge in [0.1, 0.15) is 24.1 Å². The van der Waals surface area contributed by atoms with Crippen LogP contribution in [0.2, 0.25) is 0 Å². The third kappa shape index (κ3) is 5.32. The molecule has 140 valence electrons. The summed E-state index contributed by atoms with van der Waals surface area (Å²) in [6, 6.07) is 13.4. The molecule has 6 heteroatoms. The van der Waals surface area contributed by atoms with Gasteiger partial charge in [-0.05, 0) is 36.8 Å². The monoisotopic (exact) mass is 368 g/mol. The molecule has 2 aromatic rings. The van der Waals surface area contributed by atoms with E-state index in [1.54, 1.807) is 50.5 Å². The smallest absolute Gasteiger partial charge is 0.264 e. The SMILES string of the molecule is CCOc1cc(/C=C(/C#N)C(=O)N(C)C)ccc1OCc1ccccc1F. The molecule has 0 aliphatic heterocycles. The predicted molar refractivity (Wildman–Crippen MR) is 101 cm³/mol. The molecule has 0 fully saturated rings. The number of carbonyl (C=O) groups excluding carboxylic acids is 1. The molecule has 0 heterocycles. The largest absolute Gasteiger partial charge is 0.490 e. The number of hydrogen-bond donors (Lipinski definition) is 0. The summed E-state index contributed by atoms with van der Waals surface area (Å²) in [6.45, 7) is 2.30. The highest BCUT2D eigenvalue weighted by atomic mass is 19.1. The number of nitriles is 1. The van der Waals surface area contributed by atoms with E-state index in [0.29, 0.717) is 29.2 Å². The van der Waals surface area contributed by atoms with Gasteiger partial charge >= 0.3 is 0 Å². The van der Waals surface area contributed by atoms with Crippen LogP contribution in [0.3, 0.4) is 0 Å². The van der Waals surface area contributed by atoms with Crippen LogP contribution >= 0.6 is 0 Å². The lowest BCUT2D eigenvalue weighted by molar-refractivity contribution is -0.124. The van der Waals surface area contributed by atoms with Crippen LogP contribution in [0.1, 0.15) is 18.1 Å². The van der Waals surface area contributed by atoms with E-state index in [9.17, 15) is 14.4 Å². The molecule has 5 nitrogen and oxygen atoms in total. The first kappa shape index (κ1) is 20.0. The summed E-state index contributed by atoms with van der Waals surface area (Å²) in [5, 5.41) is 9.21. The lowest BCUT2D eigenvalue weighted by Gasteiger charge is -2.13. The lowest BCUT2D eigenvalue weighted by atomic mass is 10.1. The van der Waals surface area contributed by atoms with Gasteiger partial charge in [0.05, 0.1) is 6.61 Å². The van der Waals surface area contributed by atoms with Crippen molar-refractivity contribution in [3.05, 3.63) is 65.0 Å². The van der Waals surface area contributed by atoms with Crippen LogP contribution in [-0.2, 0) is 11.4 Å². The van der Waals surface area contributed by atoms with Crippen molar-refractivity contribution in [1.82, 2.24) is 4.90 Å². The zero-order valence-electron chi connectivity index (χ0n) is 15.5. The van der Waals surface area contributed by atoms with E-state index in [0.717, 1.165) is 0 Å². The number of ether oxygens (including phenoxy) is 2. The molecule has 0 aromatic heterocycles. The molecule has 0 saturated heterocycles. The van der Waals surface area contributed by atoms with Crippen LogP contribution < -0.4 is 9.47 Å².